The number of hydrogen-bond acceptors (Lipinski definition) is 7. The summed E-state index contributed by atoms with van der Waals surface area (Å²) in [7, 11) is 0. The molecule has 1 aliphatic rings. The fourth-order valence-electron chi connectivity index (χ4n) is 2.65. The number of nitrogens with one attached hydrogen (secondary N) is 2. The van der Waals surface area contributed by atoms with Crippen molar-refractivity contribution in [3.8, 4) is 0 Å². The van der Waals surface area contributed by atoms with Gasteiger partial charge in [0.2, 0.25) is 11.8 Å². The lowest BCUT2D eigenvalue weighted by atomic mass is 10.1. The molecular weight excluding hydrogens is 410 g/mol. The van der Waals surface area contributed by atoms with Crippen LogP contribution in [0.25, 0.3) is 10.2 Å². The summed E-state index contributed by atoms with van der Waals surface area (Å²) >= 11 is 2.67. The molecule has 0 aliphatic carbocycles. The maximum Gasteiger partial charge on any atom is 0.262 e. The summed E-state index contributed by atoms with van der Waals surface area (Å²) in [6.45, 7) is 0. The summed E-state index contributed by atoms with van der Waals surface area (Å²) in [6.07, 6.45) is 5.07. The number of thiazole rings is 2. The van der Waals surface area contributed by atoms with Crippen molar-refractivity contribution in [3.05, 3.63) is 47.5 Å². The minimum atomic E-state index is -0.938. The van der Waals surface area contributed by atoms with Crippen molar-refractivity contribution in [1.29, 1.82) is 0 Å². The van der Waals surface area contributed by atoms with E-state index in [2.05, 4.69) is 25.6 Å². The highest BCUT2D eigenvalue weighted by molar-refractivity contribution is 7.22. The number of carbonyl (C=O) groups excluding carboxylic acids is 3. The Bertz CT molecular complexity index is 1110. The molecule has 8 nitrogen and oxygen atoms in total. The molecule has 0 fully saturated rings. The van der Waals surface area contributed by atoms with E-state index < -0.39 is 17.7 Å². The number of benzene rings is 1. The van der Waals surface area contributed by atoms with Gasteiger partial charge < -0.3 is 10.6 Å². The van der Waals surface area contributed by atoms with Gasteiger partial charge in [-0.1, -0.05) is 29.5 Å². The number of carbonyl (C=O) groups is 3. The first-order valence-electron chi connectivity index (χ1n) is 8.74. The first-order valence-corrected chi connectivity index (χ1v) is 10.4. The van der Waals surface area contributed by atoms with Crippen molar-refractivity contribution in [2.24, 2.45) is 10.9 Å². The zero-order chi connectivity index (χ0) is 20.2. The molecular formula is C19H15N5O3S2. The van der Waals surface area contributed by atoms with Gasteiger partial charge in [-0.05, 0) is 24.6 Å². The topological polar surface area (TPSA) is 113 Å². The Hall–Kier alpha value is -3.24. The summed E-state index contributed by atoms with van der Waals surface area (Å²) in [6, 6.07) is 7.69. The number of dihydropyridines is 1. The second-order valence-electron chi connectivity index (χ2n) is 6.15. The molecule has 1 aliphatic heterocycles. The summed E-state index contributed by atoms with van der Waals surface area (Å²) in [4.78, 5) is 48.3. The molecule has 3 heterocycles. The number of nitrogens with zero attached hydrogens (tertiary/aromatic N) is 3. The van der Waals surface area contributed by atoms with Crippen molar-refractivity contribution in [1.82, 2.24) is 9.97 Å². The van der Waals surface area contributed by atoms with Crippen LogP contribution in [-0.4, -0.2) is 33.9 Å². The van der Waals surface area contributed by atoms with Gasteiger partial charge in [0.15, 0.2) is 10.3 Å². The lowest BCUT2D eigenvalue weighted by Crippen LogP contribution is -2.28. The molecule has 0 bridgehead atoms. The number of allylic oxidation sites excluding steroid dienone is 1. The smallest absolute Gasteiger partial charge is 0.262 e. The predicted molar refractivity (Wildman–Crippen MR) is 113 cm³/mol. The molecule has 1 atom stereocenters. The van der Waals surface area contributed by atoms with Crippen LogP contribution in [0.15, 0.2) is 46.8 Å². The Morgan fingerprint density at radius 3 is 2.79 bits per heavy atom. The molecule has 1 unspecified atom stereocenters. The molecule has 146 valence electrons. The molecule has 2 aromatic heterocycles. The van der Waals surface area contributed by atoms with E-state index >= 15 is 0 Å². The molecule has 0 radical (unpaired) electrons. The number of aromatic nitrogens is 2. The molecule has 4 rings (SSSR count). The molecule has 29 heavy (non-hydrogen) atoms. The first kappa shape index (κ1) is 19.1. The van der Waals surface area contributed by atoms with E-state index in [1.165, 1.54) is 35.0 Å². The van der Waals surface area contributed by atoms with Crippen molar-refractivity contribution in [2.75, 3.05) is 10.6 Å². The van der Waals surface area contributed by atoms with E-state index in [1.54, 1.807) is 11.5 Å². The van der Waals surface area contributed by atoms with E-state index in [1.807, 2.05) is 24.3 Å². The lowest BCUT2D eigenvalue weighted by Gasteiger charge is -2.09. The van der Waals surface area contributed by atoms with Gasteiger partial charge in [0.1, 0.15) is 5.92 Å². The number of hydrogen-bond donors (Lipinski definition) is 2. The van der Waals surface area contributed by atoms with Gasteiger partial charge in [-0.3, -0.25) is 14.4 Å². The summed E-state index contributed by atoms with van der Waals surface area (Å²) in [5.41, 5.74) is 1.54. The predicted octanol–water partition coefficient (Wildman–Crippen LogP) is 3.05. The van der Waals surface area contributed by atoms with E-state index in [-0.39, 0.29) is 12.3 Å². The first-order chi connectivity index (χ1) is 14.1. The zero-order valence-electron chi connectivity index (χ0n) is 15.0. The van der Waals surface area contributed by atoms with E-state index in [4.69, 9.17) is 0 Å². The van der Waals surface area contributed by atoms with Gasteiger partial charge in [0.25, 0.3) is 5.91 Å². The number of rotatable bonds is 6. The minimum Gasteiger partial charge on any atom is -0.302 e. The minimum absolute atomic E-state index is 0.154. The molecule has 10 heteroatoms. The molecule has 0 spiro atoms. The molecule has 3 aromatic rings. The number of fused-ring (bicyclic) bond motifs is 1. The van der Waals surface area contributed by atoms with Crippen LogP contribution < -0.4 is 10.6 Å². The van der Waals surface area contributed by atoms with Gasteiger partial charge >= 0.3 is 0 Å². The van der Waals surface area contributed by atoms with E-state index in [0.29, 0.717) is 22.4 Å². The van der Waals surface area contributed by atoms with Gasteiger partial charge in [-0.2, -0.15) is 0 Å². The molecule has 0 saturated heterocycles. The monoisotopic (exact) mass is 425 g/mol. The maximum atomic E-state index is 12.2. The van der Waals surface area contributed by atoms with Crippen molar-refractivity contribution >= 4 is 67.1 Å². The average molecular weight is 425 g/mol. The van der Waals surface area contributed by atoms with Gasteiger partial charge in [-0.15, -0.1) is 11.3 Å². The van der Waals surface area contributed by atoms with Crippen LogP contribution in [0.1, 0.15) is 12.1 Å². The van der Waals surface area contributed by atoms with Crippen molar-refractivity contribution in [2.45, 2.75) is 12.8 Å². The highest BCUT2D eigenvalue weighted by Gasteiger charge is 2.25. The van der Waals surface area contributed by atoms with Crippen LogP contribution in [0.3, 0.4) is 0 Å². The lowest BCUT2D eigenvalue weighted by molar-refractivity contribution is -0.128. The van der Waals surface area contributed by atoms with Crippen LogP contribution in [0.4, 0.5) is 10.3 Å². The van der Waals surface area contributed by atoms with Crippen LogP contribution in [0, 0.1) is 5.92 Å². The quantitative estimate of drug-likeness (QED) is 0.589. The standard InChI is InChI=1S/C19H15N5O3S2/c25-15(23-19-22-13-5-1-2-6-14(13)29-19)8-7-11-10-28-18(21-11)24-17(27)12-4-3-9-20-16(12)26/h1-6,9-10,12H,7-8H2,(H,21,24,27)(H,22,23,25). The summed E-state index contributed by atoms with van der Waals surface area (Å²) < 4.78 is 1.01. The third kappa shape index (κ3) is 4.61. The molecule has 3 amide bonds. The summed E-state index contributed by atoms with van der Waals surface area (Å²) in [5.74, 6) is -2.07. The number of anilines is 2. The average Bonchev–Trinajstić information content (AvgIpc) is 3.32. The largest absolute Gasteiger partial charge is 0.302 e. The van der Waals surface area contributed by atoms with Crippen LogP contribution in [0.5, 0.6) is 0 Å². The van der Waals surface area contributed by atoms with Gasteiger partial charge in [0, 0.05) is 18.0 Å². The molecule has 1 aromatic carbocycles. The summed E-state index contributed by atoms with van der Waals surface area (Å²) in [5, 5.41) is 8.14. The fourth-order valence-corrected chi connectivity index (χ4v) is 4.28. The highest BCUT2D eigenvalue weighted by atomic mass is 32.1. The fraction of sp³-hybridized carbons (Fsp3) is 0.158. The molecule has 2 N–H and O–H groups in total. The van der Waals surface area contributed by atoms with Crippen molar-refractivity contribution < 1.29 is 14.4 Å². The van der Waals surface area contributed by atoms with Gasteiger partial charge in [-0.25, -0.2) is 15.0 Å². The zero-order valence-corrected chi connectivity index (χ0v) is 16.6. The number of para-hydroxylation sites is 1. The Morgan fingerprint density at radius 1 is 1.10 bits per heavy atom. The number of aryl methyl sites for hydroxylation is 1. The Labute approximate surface area is 173 Å². The normalized spacial score (nSPS) is 15.6. The Balaban J connectivity index is 1.29. The second kappa shape index (κ2) is 8.41. The molecule has 0 saturated carbocycles. The van der Waals surface area contributed by atoms with E-state index in [0.717, 1.165) is 10.2 Å². The van der Waals surface area contributed by atoms with E-state index in [9.17, 15) is 14.4 Å². The van der Waals surface area contributed by atoms with Crippen molar-refractivity contribution in [3.63, 3.8) is 0 Å². The Morgan fingerprint density at radius 2 is 1.97 bits per heavy atom. The van der Waals surface area contributed by atoms with Gasteiger partial charge in [0.05, 0.1) is 15.9 Å². The SMILES string of the molecule is O=C(CCc1csc(NC(=O)C2C=CC=NC2=O)n1)Nc1nc2ccccc2s1. The highest BCUT2D eigenvalue weighted by Crippen LogP contribution is 2.25. The number of aliphatic imine (C=N–C) groups is 1. The van der Waals surface area contributed by atoms with Crippen LogP contribution >= 0.6 is 22.7 Å². The number of amides is 3. The van der Waals surface area contributed by atoms with Crippen LogP contribution in [-0.2, 0) is 20.8 Å². The van der Waals surface area contributed by atoms with Crippen LogP contribution in [0.2, 0.25) is 0 Å². The third-order valence-corrected chi connectivity index (χ3v) is 5.83. The Kier molecular flexibility index (Phi) is 5.54. The maximum absolute atomic E-state index is 12.2. The third-order valence-electron chi connectivity index (χ3n) is 4.07. The second-order valence-corrected chi connectivity index (χ2v) is 8.04.